The Morgan fingerprint density at radius 2 is 1.77 bits per heavy atom. The van der Waals surface area contributed by atoms with Gasteiger partial charge in [-0.15, -0.1) is 0 Å². The van der Waals surface area contributed by atoms with Gasteiger partial charge in [-0.2, -0.15) is 0 Å². The standard InChI is InChI=1S/C18H13ClF2N4O/c1-10-6-12(19)2-5-16(10)25-18-22-8-11(9-23-18)17(26)24-13-3-4-14(20)15(21)7-13/h2-9H,1H3,(H,24,26)(H,22,23,25). The number of nitrogens with zero attached hydrogens (tertiary/aromatic N) is 2. The van der Waals surface area contributed by atoms with Crippen LogP contribution in [0.4, 0.5) is 26.1 Å². The van der Waals surface area contributed by atoms with Crippen molar-refractivity contribution < 1.29 is 13.6 Å². The first-order chi connectivity index (χ1) is 12.4. The van der Waals surface area contributed by atoms with Crippen molar-refractivity contribution in [1.82, 2.24) is 9.97 Å². The number of benzene rings is 2. The summed E-state index contributed by atoms with van der Waals surface area (Å²) in [6.45, 7) is 1.89. The van der Waals surface area contributed by atoms with Gasteiger partial charge in [-0.3, -0.25) is 4.79 Å². The predicted molar refractivity (Wildman–Crippen MR) is 95.8 cm³/mol. The van der Waals surface area contributed by atoms with Crippen LogP contribution in [0.25, 0.3) is 0 Å². The van der Waals surface area contributed by atoms with Gasteiger partial charge in [0, 0.05) is 34.9 Å². The van der Waals surface area contributed by atoms with Crippen LogP contribution >= 0.6 is 11.6 Å². The average Bonchev–Trinajstić information content (AvgIpc) is 2.61. The summed E-state index contributed by atoms with van der Waals surface area (Å²) in [5, 5.41) is 6.10. The van der Waals surface area contributed by atoms with Crippen LogP contribution in [0.3, 0.4) is 0 Å². The van der Waals surface area contributed by atoms with Crippen LogP contribution in [-0.4, -0.2) is 15.9 Å². The Balaban J connectivity index is 1.70. The normalized spacial score (nSPS) is 10.5. The number of halogens is 3. The van der Waals surface area contributed by atoms with E-state index in [2.05, 4.69) is 20.6 Å². The number of nitrogens with one attached hydrogen (secondary N) is 2. The van der Waals surface area contributed by atoms with Crippen LogP contribution in [0.1, 0.15) is 15.9 Å². The van der Waals surface area contributed by atoms with Crippen molar-refractivity contribution in [1.29, 1.82) is 0 Å². The zero-order valence-electron chi connectivity index (χ0n) is 13.6. The Labute approximate surface area is 153 Å². The molecule has 8 heteroatoms. The Bertz CT molecular complexity index is 964. The number of aromatic nitrogens is 2. The Morgan fingerprint density at radius 1 is 1.04 bits per heavy atom. The number of hydrogen-bond acceptors (Lipinski definition) is 4. The molecule has 0 aliphatic rings. The van der Waals surface area contributed by atoms with Gasteiger partial charge in [-0.1, -0.05) is 11.6 Å². The van der Waals surface area contributed by atoms with Crippen molar-refractivity contribution in [2.45, 2.75) is 6.92 Å². The fourth-order valence-electron chi connectivity index (χ4n) is 2.17. The number of aryl methyl sites for hydroxylation is 1. The second-order valence-electron chi connectivity index (χ2n) is 5.46. The van der Waals surface area contributed by atoms with E-state index in [1.54, 1.807) is 18.2 Å². The quantitative estimate of drug-likeness (QED) is 0.694. The summed E-state index contributed by atoms with van der Waals surface area (Å²) in [5.41, 5.74) is 2.01. The molecular weight excluding hydrogens is 362 g/mol. The van der Waals surface area contributed by atoms with Crippen molar-refractivity contribution >= 4 is 34.8 Å². The molecule has 26 heavy (non-hydrogen) atoms. The first-order valence-electron chi connectivity index (χ1n) is 7.54. The predicted octanol–water partition coefficient (Wildman–Crippen LogP) is 4.71. The number of carbonyl (C=O) groups is 1. The molecule has 3 rings (SSSR count). The molecule has 0 unspecified atom stereocenters. The lowest BCUT2D eigenvalue weighted by Gasteiger charge is -2.09. The molecule has 0 bridgehead atoms. The van der Waals surface area contributed by atoms with E-state index in [1.165, 1.54) is 18.5 Å². The highest BCUT2D eigenvalue weighted by Gasteiger charge is 2.10. The molecule has 5 nitrogen and oxygen atoms in total. The van der Waals surface area contributed by atoms with Crippen LogP contribution in [-0.2, 0) is 0 Å². The van der Waals surface area contributed by atoms with Gasteiger partial charge in [0.2, 0.25) is 5.95 Å². The highest BCUT2D eigenvalue weighted by atomic mass is 35.5. The van der Waals surface area contributed by atoms with Gasteiger partial charge in [0.1, 0.15) is 0 Å². The van der Waals surface area contributed by atoms with Crippen molar-refractivity contribution in [3.8, 4) is 0 Å². The average molecular weight is 375 g/mol. The molecule has 1 heterocycles. The van der Waals surface area contributed by atoms with E-state index in [0.717, 1.165) is 23.4 Å². The Hall–Kier alpha value is -3.06. The Kier molecular flexibility index (Phi) is 5.09. The molecule has 1 amide bonds. The summed E-state index contributed by atoms with van der Waals surface area (Å²) >= 11 is 5.91. The summed E-state index contributed by atoms with van der Waals surface area (Å²) in [6.07, 6.45) is 2.66. The van der Waals surface area contributed by atoms with Gasteiger partial charge in [0.15, 0.2) is 11.6 Å². The first-order valence-corrected chi connectivity index (χ1v) is 7.92. The van der Waals surface area contributed by atoms with E-state index < -0.39 is 17.5 Å². The summed E-state index contributed by atoms with van der Waals surface area (Å²) in [4.78, 5) is 20.3. The minimum Gasteiger partial charge on any atom is -0.324 e. The highest BCUT2D eigenvalue weighted by molar-refractivity contribution is 6.30. The molecule has 0 saturated heterocycles. The van der Waals surface area contributed by atoms with Crippen LogP contribution in [0.5, 0.6) is 0 Å². The molecule has 3 aromatic rings. The van der Waals surface area contributed by atoms with Crippen molar-refractivity contribution in [3.63, 3.8) is 0 Å². The molecule has 0 spiro atoms. The summed E-state index contributed by atoms with van der Waals surface area (Å²) < 4.78 is 26.1. The highest BCUT2D eigenvalue weighted by Crippen LogP contribution is 2.22. The molecule has 0 saturated carbocycles. The second-order valence-corrected chi connectivity index (χ2v) is 5.90. The molecule has 0 radical (unpaired) electrons. The molecule has 0 aliphatic heterocycles. The van der Waals surface area contributed by atoms with Gasteiger partial charge in [-0.05, 0) is 42.8 Å². The third-order valence-corrected chi connectivity index (χ3v) is 3.76. The van der Waals surface area contributed by atoms with Crippen molar-refractivity contribution in [2.24, 2.45) is 0 Å². The summed E-state index contributed by atoms with van der Waals surface area (Å²) in [5.74, 6) is -2.26. The zero-order chi connectivity index (χ0) is 18.7. The van der Waals surface area contributed by atoms with Gasteiger partial charge in [0.25, 0.3) is 5.91 Å². The van der Waals surface area contributed by atoms with E-state index in [-0.39, 0.29) is 11.3 Å². The number of amides is 1. The van der Waals surface area contributed by atoms with Gasteiger partial charge in [0.05, 0.1) is 5.56 Å². The maximum Gasteiger partial charge on any atom is 0.258 e. The van der Waals surface area contributed by atoms with E-state index in [0.29, 0.717) is 11.0 Å². The van der Waals surface area contributed by atoms with Gasteiger partial charge in [-0.25, -0.2) is 18.7 Å². The topological polar surface area (TPSA) is 66.9 Å². The lowest BCUT2D eigenvalue weighted by Crippen LogP contribution is -2.13. The molecule has 2 N–H and O–H groups in total. The molecule has 0 aliphatic carbocycles. The SMILES string of the molecule is Cc1cc(Cl)ccc1Nc1ncc(C(=O)Nc2ccc(F)c(F)c2)cn1. The van der Waals surface area contributed by atoms with Crippen LogP contribution in [0, 0.1) is 18.6 Å². The van der Waals surface area contributed by atoms with Gasteiger partial charge < -0.3 is 10.6 Å². The maximum absolute atomic E-state index is 13.2. The number of hydrogen-bond donors (Lipinski definition) is 2. The molecule has 0 atom stereocenters. The number of rotatable bonds is 4. The first kappa shape index (κ1) is 17.8. The molecule has 0 fully saturated rings. The molecule has 2 aromatic carbocycles. The van der Waals surface area contributed by atoms with E-state index in [4.69, 9.17) is 11.6 Å². The largest absolute Gasteiger partial charge is 0.324 e. The fourth-order valence-corrected chi connectivity index (χ4v) is 2.40. The second kappa shape index (κ2) is 7.45. The van der Waals surface area contributed by atoms with E-state index in [1.807, 2.05) is 6.92 Å². The fraction of sp³-hybridized carbons (Fsp3) is 0.0556. The van der Waals surface area contributed by atoms with Crippen molar-refractivity contribution in [3.05, 3.63) is 76.6 Å². The van der Waals surface area contributed by atoms with Crippen molar-refractivity contribution in [2.75, 3.05) is 10.6 Å². The molecular formula is C18H13ClF2N4O. The lowest BCUT2D eigenvalue weighted by atomic mass is 10.2. The third-order valence-electron chi connectivity index (χ3n) is 3.53. The monoisotopic (exact) mass is 374 g/mol. The lowest BCUT2D eigenvalue weighted by molar-refractivity contribution is 0.102. The Morgan fingerprint density at radius 3 is 2.42 bits per heavy atom. The van der Waals surface area contributed by atoms with E-state index >= 15 is 0 Å². The summed E-state index contributed by atoms with van der Waals surface area (Å²) in [7, 11) is 0. The molecule has 132 valence electrons. The minimum absolute atomic E-state index is 0.132. The van der Waals surface area contributed by atoms with Crippen LogP contribution in [0.15, 0.2) is 48.8 Å². The smallest absolute Gasteiger partial charge is 0.258 e. The summed E-state index contributed by atoms with van der Waals surface area (Å²) in [6, 6.07) is 8.42. The third kappa shape index (κ3) is 4.12. The minimum atomic E-state index is -1.04. The zero-order valence-corrected chi connectivity index (χ0v) is 14.3. The van der Waals surface area contributed by atoms with Crippen LogP contribution < -0.4 is 10.6 Å². The van der Waals surface area contributed by atoms with E-state index in [9.17, 15) is 13.6 Å². The molecule has 1 aromatic heterocycles. The number of anilines is 3. The number of carbonyl (C=O) groups excluding carboxylic acids is 1. The van der Waals surface area contributed by atoms with Crippen LogP contribution in [0.2, 0.25) is 5.02 Å². The van der Waals surface area contributed by atoms with Gasteiger partial charge >= 0.3 is 0 Å². The maximum atomic E-state index is 13.2.